The molecule has 0 aromatic rings. The highest BCUT2D eigenvalue weighted by atomic mass is 16.1. The molecule has 3 N–H and O–H groups in total. The number of carbonyl (C=O) groups excluding carboxylic acids is 1. The maximum Gasteiger partial charge on any atom is 0.190 e. The molecule has 0 aliphatic carbocycles. The number of allylic oxidation sites excluding steroid dienone is 1. The molecule has 0 saturated heterocycles. The third-order valence-electron chi connectivity index (χ3n) is 1.42. The van der Waals surface area contributed by atoms with Crippen LogP contribution in [0.25, 0.3) is 0 Å². The molecule has 0 unspecified atom stereocenters. The molecule has 0 atom stereocenters. The minimum atomic E-state index is -0.260. The molecule has 1 aliphatic heterocycles. The highest BCUT2D eigenvalue weighted by Crippen LogP contribution is 1.94. The van der Waals surface area contributed by atoms with E-state index in [1.54, 1.807) is 0 Å². The Balaban J connectivity index is 2.91. The molecule has 0 amide bonds. The molecule has 5 heteroatoms. The maximum atomic E-state index is 11.2. The summed E-state index contributed by atoms with van der Waals surface area (Å²) < 4.78 is 0. The molecule has 0 aromatic heterocycles. The summed E-state index contributed by atoms with van der Waals surface area (Å²) in [5.74, 6) is -0.163. The average Bonchev–Trinajstić information content (AvgIpc) is 2.13. The summed E-state index contributed by atoms with van der Waals surface area (Å²) >= 11 is 0. The monoisotopic (exact) mass is 178 g/mol. The molecule has 0 fully saturated rings. The van der Waals surface area contributed by atoms with Gasteiger partial charge in [0.25, 0.3) is 0 Å². The minimum absolute atomic E-state index is 0.0975. The zero-order chi connectivity index (χ0) is 9.68. The van der Waals surface area contributed by atoms with Crippen LogP contribution in [0.2, 0.25) is 0 Å². The van der Waals surface area contributed by atoms with Crippen LogP contribution in [0, 0.1) is 0 Å². The summed E-state index contributed by atoms with van der Waals surface area (Å²) in [4.78, 5) is 18.8. The molecule has 5 nitrogen and oxygen atoms in total. The Bertz CT molecular complexity index is 314. The van der Waals surface area contributed by atoms with E-state index in [2.05, 4.69) is 21.9 Å². The Hall–Kier alpha value is -1.91. The van der Waals surface area contributed by atoms with E-state index < -0.39 is 0 Å². The highest BCUT2D eigenvalue weighted by molar-refractivity contribution is 6.25. The van der Waals surface area contributed by atoms with E-state index in [9.17, 15) is 4.79 Å². The van der Waals surface area contributed by atoms with Crippen LogP contribution in [0.5, 0.6) is 0 Å². The van der Waals surface area contributed by atoms with Crippen molar-refractivity contribution in [3.63, 3.8) is 0 Å². The Morgan fingerprint density at radius 3 is 3.15 bits per heavy atom. The van der Waals surface area contributed by atoms with E-state index in [0.717, 1.165) is 0 Å². The molecule has 1 aliphatic rings. The second-order valence-electron chi connectivity index (χ2n) is 2.35. The van der Waals surface area contributed by atoms with Gasteiger partial charge in [0.15, 0.2) is 5.78 Å². The van der Waals surface area contributed by atoms with Crippen LogP contribution in [-0.4, -0.2) is 24.6 Å². The van der Waals surface area contributed by atoms with Gasteiger partial charge in [0, 0.05) is 12.3 Å². The number of amidine groups is 1. The largest absolute Gasteiger partial charge is 0.383 e. The molecule has 0 aromatic carbocycles. The Kier molecular flexibility index (Phi) is 2.97. The van der Waals surface area contributed by atoms with Gasteiger partial charge in [-0.05, 0) is 0 Å². The van der Waals surface area contributed by atoms with Crippen molar-refractivity contribution in [2.45, 2.75) is 0 Å². The first-order valence-electron chi connectivity index (χ1n) is 3.67. The first kappa shape index (κ1) is 9.18. The topological polar surface area (TPSA) is 79.8 Å². The summed E-state index contributed by atoms with van der Waals surface area (Å²) in [6.45, 7) is 3.87. The van der Waals surface area contributed by atoms with Gasteiger partial charge in [-0.15, -0.1) is 0 Å². The molecule has 68 valence electrons. The smallest absolute Gasteiger partial charge is 0.190 e. The SMILES string of the molecule is C=C1C(=O)/C=C\NC/N=C\N=C1N. The molecule has 1 heterocycles. The van der Waals surface area contributed by atoms with Crippen LogP contribution in [-0.2, 0) is 4.79 Å². The predicted octanol–water partition coefficient (Wildman–Crippen LogP) is -0.428. The van der Waals surface area contributed by atoms with Crippen molar-refractivity contribution in [2.24, 2.45) is 15.7 Å². The Labute approximate surface area is 75.8 Å². The molecule has 0 saturated carbocycles. The van der Waals surface area contributed by atoms with Crippen LogP contribution in [0.15, 0.2) is 34.4 Å². The molecular weight excluding hydrogens is 168 g/mol. The normalized spacial score (nSPS) is 22.9. The van der Waals surface area contributed by atoms with E-state index in [0.29, 0.717) is 6.67 Å². The summed E-state index contributed by atoms with van der Waals surface area (Å²) in [5, 5.41) is 2.77. The van der Waals surface area contributed by atoms with Crippen molar-refractivity contribution in [2.75, 3.05) is 6.67 Å². The van der Waals surface area contributed by atoms with Crippen LogP contribution >= 0.6 is 0 Å². The predicted molar refractivity (Wildman–Crippen MR) is 51.4 cm³/mol. The van der Waals surface area contributed by atoms with Crippen LogP contribution in [0.4, 0.5) is 0 Å². The fourth-order valence-electron chi connectivity index (χ4n) is 0.689. The van der Waals surface area contributed by atoms with E-state index in [4.69, 9.17) is 5.73 Å². The van der Waals surface area contributed by atoms with Crippen molar-refractivity contribution < 1.29 is 4.79 Å². The van der Waals surface area contributed by atoms with Crippen LogP contribution < -0.4 is 11.1 Å². The van der Waals surface area contributed by atoms with Gasteiger partial charge < -0.3 is 11.1 Å². The minimum Gasteiger partial charge on any atom is -0.383 e. The van der Waals surface area contributed by atoms with Gasteiger partial charge in [-0.25, -0.2) is 4.99 Å². The second kappa shape index (κ2) is 4.20. The number of aliphatic imine (C=N–C) groups is 2. The van der Waals surface area contributed by atoms with Crippen molar-refractivity contribution in [1.82, 2.24) is 5.32 Å². The van der Waals surface area contributed by atoms with Gasteiger partial charge in [0.1, 0.15) is 18.8 Å². The van der Waals surface area contributed by atoms with Gasteiger partial charge in [-0.1, -0.05) is 6.58 Å². The molecular formula is C8H10N4O. The van der Waals surface area contributed by atoms with E-state index in [1.807, 2.05) is 0 Å². The first-order chi connectivity index (χ1) is 6.22. The number of nitrogens with two attached hydrogens (primary N) is 1. The fourth-order valence-corrected chi connectivity index (χ4v) is 0.689. The van der Waals surface area contributed by atoms with Gasteiger partial charge in [0.05, 0.1) is 5.57 Å². The van der Waals surface area contributed by atoms with Gasteiger partial charge in [-0.2, -0.15) is 0 Å². The van der Waals surface area contributed by atoms with Gasteiger partial charge >= 0.3 is 0 Å². The summed E-state index contributed by atoms with van der Waals surface area (Å²) in [6.07, 6.45) is 4.13. The Morgan fingerprint density at radius 2 is 2.38 bits per heavy atom. The van der Waals surface area contributed by atoms with Crippen molar-refractivity contribution in [1.29, 1.82) is 0 Å². The summed E-state index contributed by atoms with van der Waals surface area (Å²) in [5.41, 5.74) is 5.62. The standard InChI is InChI=1S/C8H10N4O/c1-6-7(13)2-3-10-4-11-5-12-8(6)9/h2-3,5,10H,1,4H2,(H2,9,11,12)/b3-2-. The average molecular weight is 178 g/mol. The number of nitrogens with one attached hydrogen (secondary N) is 1. The molecule has 1 rings (SSSR count). The molecule has 0 radical (unpaired) electrons. The van der Waals surface area contributed by atoms with E-state index >= 15 is 0 Å². The number of hydrogen-bond donors (Lipinski definition) is 2. The second-order valence-corrected chi connectivity index (χ2v) is 2.35. The number of carbonyl (C=O) groups is 1. The lowest BCUT2D eigenvalue weighted by molar-refractivity contribution is -0.110. The number of hydrogen-bond acceptors (Lipinski definition) is 5. The third-order valence-corrected chi connectivity index (χ3v) is 1.42. The van der Waals surface area contributed by atoms with E-state index in [-0.39, 0.29) is 17.2 Å². The lowest BCUT2D eigenvalue weighted by Crippen LogP contribution is -2.20. The zero-order valence-electron chi connectivity index (χ0n) is 7.03. The van der Waals surface area contributed by atoms with Crippen molar-refractivity contribution >= 4 is 18.0 Å². The fraction of sp³-hybridized carbons (Fsp3) is 0.125. The van der Waals surface area contributed by atoms with Gasteiger partial charge in [-0.3, -0.25) is 9.79 Å². The Morgan fingerprint density at radius 1 is 1.62 bits per heavy atom. The quantitative estimate of drug-likeness (QED) is 0.494. The number of ketones is 1. The molecule has 0 bridgehead atoms. The lowest BCUT2D eigenvalue weighted by atomic mass is 10.2. The van der Waals surface area contributed by atoms with E-state index in [1.165, 1.54) is 18.6 Å². The first-order valence-corrected chi connectivity index (χ1v) is 3.67. The number of rotatable bonds is 0. The number of nitrogens with zero attached hydrogens (tertiary/aromatic N) is 2. The summed E-state index contributed by atoms with van der Waals surface area (Å²) in [7, 11) is 0. The maximum absolute atomic E-state index is 11.2. The van der Waals surface area contributed by atoms with Crippen LogP contribution in [0.1, 0.15) is 0 Å². The summed E-state index contributed by atoms with van der Waals surface area (Å²) in [6, 6.07) is 0. The van der Waals surface area contributed by atoms with Gasteiger partial charge in [0.2, 0.25) is 0 Å². The lowest BCUT2D eigenvalue weighted by Gasteiger charge is -2.01. The van der Waals surface area contributed by atoms with Crippen molar-refractivity contribution in [3.8, 4) is 0 Å². The molecule has 13 heavy (non-hydrogen) atoms. The van der Waals surface area contributed by atoms with Crippen LogP contribution in [0.3, 0.4) is 0 Å². The molecule has 0 spiro atoms. The zero-order valence-corrected chi connectivity index (χ0v) is 7.03. The highest BCUT2D eigenvalue weighted by Gasteiger charge is 2.06. The third kappa shape index (κ3) is 2.55. The van der Waals surface area contributed by atoms with Crippen molar-refractivity contribution in [3.05, 3.63) is 24.4 Å².